The Labute approximate surface area is 150 Å². The van der Waals surface area contributed by atoms with Crippen LogP contribution in [0.5, 0.6) is 5.75 Å². The van der Waals surface area contributed by atoms with Gasteiger partial charge in [-0.15, -0.1) is 0 Å². The molecule has 2 rings (SSSR count). The van der Waals surface area contributed by atoms with Crippen LogP contribution in [-0.2, 0) is 9.59 Å². The van der Waals surface area contributed by atoms with Crippen molar-refractivity contribution in [2.45, 2.75) is 59.5 Å². The SMILES string of the molecule is CCCN(CCC)C(=O)C1(C(=O)Nc2ccccc2OC(C)C)CC1. The van der Waals surface area contributed by atoms with E-state index in [1.165, 1.54) is 0 Å². The van der Waals surface area contributed by atoms with Gasteiger partial charge in [-0.3, -0.25) is 9.59 Å². The zero-order valence-corrected chi connectivity index (χ0v) is 15.8. The van der Waals surface area contributed by atoms with E-state index in [4.69, 9.17) is 4.74 Å². The average Bonchev–Trinajstić information content (AvgIpc) is 3.37. The van der Waals surface area contributed by atoms with E-state index in [0.717, 1.165) is 12.8 Å². The first-order chi connectivity index (χ1) is 11.9. The van der Waals surface area contributed by atoms with E-state index >= 15 is 0 Å². The summed E-state index contributed by atoms with van der Waals surface area (Å²) in [5, 5.41) is 2.93. The highest BCUT2D eigenvalue weighted by Gasteiger charge is 2.57. The number of rotatable bonds is 9. The number of benzene rings is 1. The van der Waals surface area contributed by atoms with Crippen LogP contribution < -0.4 is 10.1 Å². The normalized spacial score (nSPS) is 14.9. The molecule has 0 atom stereocenters. The third kappa shape index (κ3) is 4.53. The lowest BCUT2D eigenvalue weighted by Crippen LogP contribution is -2.43. The molecule has 2 amide bonds. The Morgan fingerprint density at radius 1 is 1.16 bits per heavy atom. The Bertz CT molecular complexity index is 603. The number of carbonyl (C=O) groups is 2. The molecular weight excluding hydrogens is 316 g/mol. The largest absolute Gasteiger partial charge is 0.489 e. The maximum Gasteiger partial charge on any atom is 0.240 e. The molecule has 0 bridgehead atoms. The number of amides is 2. The molecule has 1 aromatic carbocycles. The first-order valence-corrected chi connectivity index (χ1v) is 9.31. The molecule has 1 aliphatic rings. The number of carbonyl (C=O) groups excluding carboxylic acids is 2. The lowest BCUT2D eigenvalue weighted by Gasteiger charge is -2.26. The fourth-order valence-corrected chi connectivity index (χ4v) is 2.99. The highest BCUT2D eigenvalue weighted by Crippen LogP contribution is 2.48. The summed E-state index contributed by atoms with van der Waals surface area (Å²) in [7, 11) is 0. The second-order valence-electron chi connectivity index (χ2n) is 6.99. The topological polar surface area (TPSA) is 58.6 Å². The zero-order valence-electron chi connectivity index (χ0n) is 15.8. The molecule has 0 aliphatic heterocycles. The average molecular weight is 346 g/mol. The van der Waals surface area contributed by atoms with Gasteiger partial charge in [-0.1, -0.05) is 26.0 Å². The maximum atomic E-state index is 12.9. The molecule has 0 spiro atoms. The fourth-order valence-electron chi connectivity index (χ4n) is 2.99. The Balaban J connectivity index is 2.13. The van der Waals surface area contributed by atoms with Crippen LogP contribution in [0.1, 0.15) is 53.4 Å². The van der Waals surface area contributed by atoms with Crippen LogP contribution in [0, 0.1) is 5.41 Å². The van der Waals surface area contributed by atoms with Gasteiger partial charge in [0.25, 0.3) is 0 Å². The van der Waals surface area contributed by atoms with E-state index in [1.807, 2.05) is 43.0 Å². The number of anilines is 1. The number of hydrogen-bond donors (Lipinski definition) is 1. The van der Waals surface area contributed by atoms with Crippen LogP contribution in [0.4, 0.5) is 5.69 Å². The predicted octanol–water partition coefficient (Wildman–Crippen LogP) is 3.84. The Kier molecular flexibility index (Phi) is 6.45. The van der Waals surface area contributed by atoms with E-state index in [2.05, 4.69) is 19.2 Å². The number of nitrogens with zero attached hydrogens (tertiary/aromatic N) is 1. The molecule has 1 aliphatic carbocycles. The molecule has 0 unspecified atom stereocenters. The Morgan fingerprint density at radius 3 is 2.28 bits per heavy atom. The van der Waals surface area contributed by atoms with Crippen molar-refractivity contribution in [2.24, 2.45) is 5.41 Å². The number of hydrogen-bond acceptors (Lipinski definition) is 3. The summed E-state index contributed by atoms with van der Waals surface area (Å²) in [4.78, 5) is 27.6. The molecule has 1 fully saturated rings. The lowest BCUT2D eigenvalue weighted by molar-refractivity contribution is -0.142. The van der Waals surface area contributed by atoms with Gasteiger partial charge in [0.2, 0.25) is 11.8 Å². The van der Waals surface area contributed by atoms with Crippen LogP contribution in [-0.4, -0.2) is 35.9 Å². The monoisotopic (exact) mass is 346 g/mol. The van der Waals surface area contributed by atoms with Gasteiger partial charge in [-0.2, -0.15) is 0 Å². The van der Waals surface area contributed by atoms with Gasteiger partial charge in [0.1, 0.15) is 11.2 Å². The van der Waals surface area contributed by atoms with Crippen molar-refractivity contribution in [1.29, 1.82) is 0 Å². The van der Waals surface area contributed by atoms with Crippen LogP contribution in [0.2, 0.25) is 0 Å². The molecular formula is C20H30N2O3. The van der Waals surface area contributed by atoms with Gasteiger partial charge in [0.15, 0.2) is 0 Å². The summed E-state index contributed by atoms with van der Waals surface area (Å²) in [6.45, 7) is 9.39. The second kappa shape index (κ2) is 8.37. The van der Waals surface area contributed by atoms with Crippen molar-refractivity contribution in [2.75, 3.05) is 18.4 Å². The molecule has 5 heteroatoms. The molecule has 5 nitrogen and oxygen atoms in total. The minimum Gasteiger partial charge on any atom is -0.489 e. The first kappa shape index (κ1) is 19.3. The van der Waals surface area contributed by atoms with Gasteiger partial charge >= 0.3 is 0 Å². The van der Waals surface area contributed by atoms with Gasteiger partial charge < -0.3 is 15.0 Å². The van der Waals surface area contributed by atoms with E-state index in [0.29, 0.717) is 37.4 Å². The Morgan fingerprint density at radius 2 is 1.76 bits per heavy atom. The predicted molar refractivity (Wildman–Crippen MR) is 99.7 cm³/mol. The highest BCUT2D eigenvalue weighted by molar-refractivity contribution is 6.13. The van der Waals surface area contributed by atoms with Crippen molar-refractivity contribution in [1.82, 2.24) is 4.90 Å². The molecule has 1 aromatic rings. The fraction of sp³-hybridized carbons (Fsp3) is 0.600. The third-order valence-corrected chi connectivity index (χ3v) is 4.37. The molecule has 0 radical (unpaired) electrons. The summed E-state index contributed by atoms with van der Waals surface area (Å²) in [6.07, 6.45) is 3.05. The number of nitrogens with one attached hydrogen (secondary N) is 1. The summed E-state index contributed by atoms with van der Waals surface area (Å²) >= 11 is 0. The van der Waals surface area contributed by atoms with Crippen molar-refractivity contribution in [3.05, 3.63) is 24.3 Å². The highest BCUT2D eigenvalue weighted by atomic mass is 16.5. The minimum atomic E-state index is -0.894. The third-order valence-electron chi connectivity index (χ3n) is 4.37. The molecule has 1 saturated carbocycles. The zero-order chi connectivity index (χ0) is 18.4. The quantitative estimate of drug-likeness (QED) is 0.691. The van der Waals surface area contributed by atoms with Gasteiger partial charge in [-0.25, -0.2) is 0 Å². The second-order valence-corrected chi connectivity index (χ2v) is 6.99. The minimum absolute atomic E-state index is 0.0131. The first-order valence-electron chi connectivity index (χ1n) is 9.31. The smallest absolute Gasteiger partial charge is 0.240 e. The number of para-hydroxylation sites is 2. The maximum absolute atomic E-state index is 12.9. The summed E-state index contributed by atoms with van der Waals surface area (Å²) in [5.74, 6) is 0.388. The molecule has 0 saturated heterocycles. The summed E-state index contributed by atoms with van der Waals surface area (Å²) in [5.41, 5.74) is -0.271. The molecule has 0 aromatic heterocycles. The van der Waals surface area contributed by atoms with Crippen LogP contribution in [0.15, 0.2) is 24.3 Å². The van der Waals surface area contributed by atoms with Gasteiger partial charge in [0.05, 0.1) is 11.8 Å². The molecule has 0 heterocycles. The lowest BCUT2D eigenvalue weighted by atomic mass is 10.0. The van der Waals surface area contributed by atoms with Crippen molar-refractivity contribution in [3.63, 3.8) is 0 Å². The summed E-state index contributed by atoms with van der Waals surface area (Å²) in [6, 6.07) is 7.36. The molecule has 1 N–H and O–H groups in total. The Hall–Kier alpha value is -2.04. The van der Waals surface area contributed by atoms with Crippen LogP contribution >= 0.6 is 0 Å². The van der Waals surface area contributed by atoms with E-state index in [-0.39, 0.29) is 17.9 Å². The van der Waals surface area contributed by atoms with Gasteiger partial charge in [0, 0.05) is 13.1 Å². The van der Waals surface area contributed by atoms with E-state index in [1.54, 1.807) is 0 Å². The molecule has 138 valence electrons. The standard InChI is InChI=1S/C20H30N2O3/c1-5-13-22(14-6-2)19(24)20(11-12-20)18(23)21-16-9-7-8-10-17(16)25-15(3)4/h7-10,15H,5-6,11-14H2,1-4H3,(H,21,23). The van der Waals surface area contributed by atoms with Crippen LogP contribution in [0.3, 0.4) is 0 Å². The van der Waals surface area contributed by atoms with Crippen molar-refractivity contribution in [3.8, 4) is 5.75 Å². The van der Waals surface area contributed by atoms with Gasteiger partial charge in [-0.05, 0) is 51.7 Å². The molecule has 25 heavy (non-hydrogen) atoms. The summed E-state index contributed by atoms with van der Waals surface area (Å²) < 4.78 is 5.75. The van der Waals surface area contributed by atoms with E-state index < -0.39 is 5.41 Å². The number of ether oxygens (including phenoxy) is 1. The van der Waals surface area contributed by atoms with Crippen LogP contribution in [0.25, 0.3) is 0 Å². The van der Waals surface area contributed by atoms with Crippen molar-refractivity contribution < 1.29 is 14.3 Å². The van der Waals surface area contributed by atoms with Crippen molar-refractivity contribution >= 4 is 17.5 Å². The van der Waals surface area contributed by atoms with E-state index in [9.17, 15) is 9.59 Å².